The van der Waals surface area contributed by atoms with E-state index in [-0.39, 0.29) is 24.5 Å². The van der Waals surface area contributed by atoms with Crippen molar-refractivity contribution >= 4 is 11.9 Å². The Balaban J connectivity index is 2.68. The molecular formula is C15H28N2O3. The second-order valence-corrected chi connectivity index (χ2v) is 5.88. The molecule has 2 N–H and O–H groups in total. The Labute approximate surface area is 121 Å². The average Bonchev–Trinajstić information content (AvgIpc) is 2.40. The van der Waals surface area contributed by atoms with Crippen LogP contribution in [-0.4, -0.2) is 46.1 Å². The molecule has 116 valence electrons. The van der Waals surface area contributed by atoms with Crippen molar-refractivity contribution in [2.24, 2.45) is 0 Å². The number of aliphatic carboxylic acids is 1. The highest BCUT2D eigenvalue weighted by molar-refractivity contribution is 5.82. The predicted molar refractivity (Wildman–Crippen MR) is 78.6 cm³/mol. The molecule has 20 heavy (non-hydrogen) atoms. The Kier molecular flexibility index (Phi) is 5.99. The van der Waals surface area contributed by atoms with Gasteiger partial charge in [0.2, 0.25) is 5.91 Å². The van der Waals surface area contributed by atoms with Crippen molar-refractivity contribution in [2.75, 3.05) is 6.54 Å². The summed E-state index contributed by atoms with van der Waals surface area (Å²) in [6, 6.07) is 0.492. The Hall–Kier alpha value is -1.10. The second-order valence-electron chi connectivity index (χ2n) is 5.88. The zero-order valence-corrected chi connectivity index (χ0v) is 13.1. The second kappa shape index (κ2) is 7.07. The van der Waals surface area contributed by atoms with Gasteiger partial charge in [-0.25, -0.2) is 0 Å². The van der Waals surface area contributed by atoms with Crippen LogP contribution in [0.1, 0.15) is 59.8 Å². The maximum absolute atomic E-state index is 12.4. The van der Waals surface area contributed by atoms with Crippen molar-refractivity contribution in [2.45, 2.75) is 77.4 Å². The molecule has 2 unspecified atom stereocenters. The monoisotopic (exact) mass is 284 g/mol. The predicted octanol–water partition coefficient (Wildman–Crippen LogP) is 2.01. The van der Waals surface area contributed by atoms with Crippen LogP contribution in [0.25, 0.3) is 0 Å². The lowest BCUT2D eigenvalue weighted by atomic mass is 9.92. The highest BCUT2D eigenvalue weighted by atomic mass is 16.4. The van der Waals surface area contributed by atoms with Crippen molar-refractivity contribution in [3.63, 3.8) is 0 Å². The molecule has 1 rings (SSSR count). The van der Waals surface area contributed by atoms with E-state index in [9.17, 15) is 14.7 Å². The number of carboxylic acids is 1. The largest absolute Gasteiger partial charge is 0.480 e. The normalized spacial score (nSPS) is 23.7. The lowest BCUT2D eigenvalue weighted by molar-refractivity contribution is -0.146. The molecule has 1 heterocycles. The first-order chi connectivity index (χ1) is 9.38. The van der Waals surface area contributed by atoms with E-state index < -0.39 is 11.5 Å². The van der Waals surface area contributed by atoms with Crippen LogP contribution in [0.5, 0.6) is 0 Å². The van der Waals surface area contributed by atoms with Crippen molar-refractivity contribution in [1.82, 2.24) is 10.2 Å². The van der Waals surface area contributed by atoms with Gasteiger partial charge >= 0.3 is 5.97 Å². The molecular weight excluding hydrogens is 256 g/mol. The fraction of sp³-hybridized carbons (Fsp3) is 0.867. The third kappa shape index (κ3) is 3.51. The zero-order chi connectivity index (χ0) is 15.3. The first kappa shape index (κ1) is 17.0. The van der Waals surface area contributed by atoms with E-state index in [1.54, 1.807) is 0 Å². The van der Waals surface area contributed by atoms with Crippen LogP contribution < -0.4 is 5.32 Å². The van der Waals surface area contributed by atoms with E-state index in [1.165, 1.54) is 0 Å². The molecule has 0 bridgehead atoms. The molecule has 1 amide bonds. The summed E-state index contributed by atoms with van der Waals surface area (Å²) in [6.07, 6.45) is 4.15. The van der Waals surface area contributed by atoms with Crippen LogP contribution in [0.2, 0.25) is 0 Å². The van der Waals surface area contributed by atoms with Gasteiger partial charge in [0, 0.05) is 12.1 Å². The minimum atomic E-state index is -0.988. The number of carboxylic acid groups (broad SMARTS) is 1. The zero-order valence-electron chi connectivity index (χ0n) is 13.1. The molecule has 2 atom stereocenters. The Morgan fingerprint density at radius 2 is 1.70 bits per heavy atom. The fourth-order valence-corrected chi connectivity index (χ4v) is 3.13. The summed E-state index contributed by atoms with van der Waals surface area (Å²) < 4.78 is 0. The summed E-state index contributed by atoms with van der Waals surface area (Å²) in [5, 5.41) is 12.3. The minimum absolute atomic E-state index is 0.0113. The van der Waals surface area contributed by atoms with E-state index in [2.05, 4.69) is 19.2 Å². The van der Waals surface area contributed by atoms with E-state index in [1.807, 2.05) is 18.7 Å². The van der Waals surface area contributed by atoms with Crippen LogP contribution >= 0.6 is 0 Å². The molecule has 5 nitrogen and oxygen atoms in total. The molecule has 5 heteroatoms. The van der Waals surface area contributed by atoms with Gasteiger partial charge in [0.15, 0.2) is 0 Å². The highest BCUT2D eigenvalue weighted by Crippen LogP contribution is 2.23. The highest BCUT2D eigenvalue weighted by Gasteiger charge is 2.36. The molecule has 1 saturated heterocycles. The molecule has 0 aliphatic carbocycles. The van der Waals surface area contributed by atoms with Gasteiger partial charge < -0.3 is 10.0 Å². The van der Waals surface area contributed by atoms with Gasteiger partial charge in [0.05, 0.1) is 6.54 Å². The maximum atomic E-state index is 12.4. The molecule has 0 spiro atoms. The first-order valence-corrected chi connectivity index (χ1v) is 7.67. The molecule has 0 aromatic carbocycles. The molecule has 0 aromatic heterocycles. The van der Waals surface area contributed by atoms with Crippen molar-refractivity contribution in [3.8, 4) is 0 Å². The molecule has 1 fully saturated rings. The molecule has 0 radical (unpaired) electrons. The first-order valence-electron chi connectivity index (χ1n) is 7.67. The summed E-state index contributed by atoms with van der Waals surface area (Å²) in [6.45, 7) is 7.90. The number of hydrogen-bond donors (Lipinski definition) is 2. The number of carbonyl (C=O) groups is 2. The molecule has 1 aliphatic heterocycles. The number of hydrogen-bond acceptors (Lipinski definition) is 3. The quantitative estimate of drug-likeness (QED) is 0.783. The van der Waals surface area contributed by atoms with Crippen molar-refractivity contribution in [1.29, 1.82) is 0 Å². The van der Waals surface area contributed by atoms with Gasteiger partial charge in [0.1, 0.15) is 5.54 Å². The van der Waals surface area contributed by atoms with Crippen molar-refractivity contribution in [3.05, 3.63) is 0 Å². The topological polar surface area (TPSA) is 69.6 Å². The van der Waals surface area contributed by atoms with Crippen LogP contribution in [0, 0.1) is 0 Å². The summed E-state index contributed by atoms with van der Waals surface area (Å²) in [5.74, 6) is -0.868. The van der Waals surface area contributed by atoms with E-state index in [4.69, 9.17) is 0 Å². The smallest absolute Gasteiger partial charge is 0.323 e. The van der Waals surface area contributed by atoms with Crippen LogP contribution in [0.15, 0.2) is 0 Å². The summed E-state index contributed by atoms with van der Waals surface area (Å²) >= 11 is 0. The molecule has 0 saturated carbocycles. The number of rotatable bonds is 6. The van der Waals surface area contributed by atoms with Crippen molar-refractivity contribution < 1.29 is 14.7 Å². The summed E-state index contributed by atoms with van der Waals surface area (Å²) in [4.78, 5) is 25.7. The van der Waals surface area contributed by atoms with E-state index >= 15 is 0 Å². The van der Waals surface area contributed by atoms with Gasteiger partial charge in [-0.05, 0) is 46.0 Å². The van der Waals surface area contributed by atoms with E-state index in [0.29, 0.717) is 12.8 Å². The lowest BCUT2D eigenvalue weighted by Gasteiger charge is -2.40. The third-order valence-electron chi connectivity index (χ3n) is 4.68. The number of amides is 1. The lowest BCUT2D eigenvalue weighted by Crippen LogP contribution is -2.57. The Morgan fingerprint density at radius 3 is 2.10 bits per heavy atom. The number of piperidine rings is 1. The van der Waals surface area contributed by atoms with E-state index in [0.717, 1.165) is 19.3 Å². The van der Waals surface area contributed by atoms with Gasteiger partial charge in [-0.3, -0.25) is 14.9 Å². The third-order valence-corrected chi connectivity index (χ3v) is 4.68. The van der Waals surface area contributed by atoms with Crippen LogP contribution in [0.4, 0.5) is 0 Å². The maximum Gasteiger partial charge on any atom is 0.323 e. The van der Waals surface area contributed by atoms with Crippen LogP contribution in [-0.2, 0) is 9.59 Å². The number of carbonyl (C=O) groups excluding carboxylic acids is 1. The molecule has 0 aromatic rings. The van der Waals surface area contributed by atoms with Gasteiger partial charge in [-0.15, -0.1) is 0 Å². The SMILES string of the molecule is CCC(CC)(NCC(=O)N1C(C)CCCC1C)C(=O)O. The minimum Gasteiger partial charge on any atom is -0.480 e. The fourth-order valence-electron chi connectivity index (χ4n) is 3.13. The van der Waals surface area contributed by atoms with Crippen LogP contribution in [0.3, 0.4) is 0 Å². The average molecular weight is 284 g/mol. The standard InChI is InChI=1S/C15H28N2O3/c1-5-15(6-2,14(19)20)16-10-13(18)17-11(3)8-7-9-12(17)4/h11-12,16H,5-10H2,1-4H3,(H,19,20). The number of nitrogens with one attached hydrogen (secondary N) is 1. The summed E-state index contributed by atoms with van der Waals surface area (Å²) in [5.41, 5.74) is -0.988. The molecule has 1 aliphatic rings. The van der Waals surface area contributed by atoms with Gasteiger partial charge in [-0.2, -0.15) is 0 Å². The van der Waals surface area contributed by atoms with Gasteiger partial charge in [-0.1, -0.05) is 13.8 Å². The number of likely N-dealkylation sites (tertiary alicyclic amines) is 1. The number of nitrogens with zero attached hydrogens (tertiary/aromatic N) is 1. The Bertz CT molecular complexity index is 343. The Morgan fingerprint density at radius 1 is 1.20 bits per heavy atom. The summed E-state index contributed by atoms with van der Waals surface area (Å²) in [7, 11) is 0. The van der Waals surface area contributed by atoms with Gasteiger partial charge in [0.25, 0.3) is 0 Å².